The van der Waals surface area contributed by atoms with E-state index in [0.717, 1.165) is 6.54 Å². The number of hydrogen-bond donors (Lipinski definition) is 2. The zero-order valence-electron chi connectivity index (χ0n) is 10.8. The minimum atomic E-state index is -0.607. The molecule has 0 aromatic heterocycles. The number of carbonyl (C=O) groups is 1. The van der Waals surface area contributed by atoms with Gasteiger partial charge in [-0.2, -0.15) is 0 Å². The van der Waals surface area contributed by atoms with E-state index in [4.69, 9.17) is 10.5 Å². The summed E-state index contributed by atoms with van der Waals surface area (Å²) in [7, 11) is 5.37. The van der Waals surface area contributed by atoms with E-state index in [1.54, 1.807) is 4.90 Å². The highest BCUT2D eigenvalue weighted by molar-refractivity contribution is 5.81. The topological polar surface area (TPSA) is 79.0 Å². The summed E-state index contributed by atoms with van der Waals surface area (Å²) in [5.41, 5.74) is 5.49. The molecule has 100 valence electrons. The molecule has 0 aromatic carbocycles. The zero-order valence-corrected chi connectivity index (χ0v) is 10.8. The van der Waals surface area contributed by atoms with Crippen LogP contribution in [-0.4, -0.2) is 79.9 Å². The lowest BCUT2D eigenvalue weighted by atomic mass is 10.2. The summed E-state index contributed by atoms with van der Waals surface area (Å²) in [4.78, 5) is 15.8. The van der Waals surface area contributed by atoms with E-state index in [1.165, 1.54) is 7.11 Å². The van der Waals surface area contributed by atoms with Crippen molar-refractivity contribution in [2.45, 2.75) is 24.7 Å². The summed E-state index contributed by atoms with van der Waals surface area (Å²) in [6.07, 6.45) is -0.436. The van der Waals surface area contributed by atoms with E-state index in [2.05, 4.69) is 0 Å². The minimum absolute atomic E-state index is 0.0386. The van der Waals surface area contributed by atoms with Crippen molar-refractivity contribution in [3.05, 3.63) is 0 Å². The number of likely N-dealkylation sites (tertiary alicyclic amines) is 1. The highest BCUT2D eigenvalue weighted by Gasteiger charge is 2.37. The maximum Gasteiger partial charge on any atom is 0.253 e. The van der Waals surface area contributed by atoms with Gasteiger partial charge in [0, 0.05) is 32.8 Å². The SMILES string of the molecule is COC(CN)C(=O)N1CC(O)CC1CN(C)C. The largest absolute Gasteiger partial charge is 0.391 e. The van der Waals surface area contributed by atoms with Crippen molar-refractivity contribution in [1.82, 2.24) is 9.80 Å². The Bertz CT molecular complexity index is 256. The maximum atomic E-state index is 12.1. The molecular formula is C11H23N3O3. The number of β-amino-alcohol motifs (C(OH)–C–C–N with tert-alkyl or cyclic N) is 1. The van der Waals surface area contributed by atoms with Crippen LogP contribution in [0.2, 0.25) is 0 Å². The molecule has 0 bridgehead atoms. The van der Waals surface area contributed by atoms with E-state index >= 15 is 0 Å². The first-order valence-electron chi connectivity index (χ1n) is 5.85. The van der Waals surface area contributed by atoms with Crippen molar-refractivity contribution in [1.29, 1.82) is 0 Å². The molecule has 1 fully saturated rings. The number of likely N-dealkylation sites (N-methyl/N-ethyl adjacent to an activating group) is 1. The van der Waals surface area contributed by atoms with Gasteiger partial charge in [-0.15, -0.1) is 0 Å². The molecule has 1 rings (SSSR count). The number of hydrogen-bond acceptors (Lipinski definition) is 5. The second-order valence-electron chi connectivity index (χ2n) is 4.76. The van der Waals surface area contributed by atoms with Crippen LogP contribution >= 0.6 is 0 Å². The molecule has 1 amide bonds. The fourth-order valence-electron chi connectivity index (χ4n) is 2.24. The van der Waals surface area contributed by atoms with Crippen LogP contribution < -0.4 is 5.73 Å². The Morgan fingerprint density at radius 1 is 1.65 bits per heavy atom. The Morgan fingerprint density at radius 2 is 2.29 bits per heavy atom. The van der Waals surface area contributed by atoms with Crippen molar-refractivity contribution in [2.24, 2.45) is 5.73 Å². The molecule has 1 heterocycles. The lowest BCUT2D eigenvalue weighted by Crippen LogP contribution is -2.48. The van der Waals surface area contributed by atoms with Gasteiger partial charge in [0.2, 0.25) is 0 Å². The Kier molecular flexibility index (Phi) is 5.32. The standard InChI is InChI=1S/C11H23N3O3/c1-13(2)6-8-4-9(15)7-14(8)11(16)10(5-12)17-3/h8-10,15H,4-7,12H2,1-3H3. The van der Waals surface area contributed by atoms with Crippen molar-refractivity contribution < 1.29 is 14.6 Å². The number of aliphatic hydroxyl groups excluding tert-OH is 1. The molecule has 17 heavy (non-hydrogen) atoms. The van der Waals surface area contributed by atoms with Gasteiger partial charge in [0.15, 0.2) is 0 Å². The zero-order chi connectivity index (χ0) is 13.0. The number of ether oxygens (including phenoxy) is 1. The third-order valence-electron chi connectivity index (χ3n) is 3.03. The van der Waals surface area contributed by atoms with Crippen LogP contribution in [0.1, 0.15) is 6.42 Å². The third-order valence-corrected chi connectivity index (χ3v) is 3.03. The molecule has 0 radical (unpaired) electrons. The number of rotatable bonds is 5. The van der Waals surface area contributed by atoms with E-state index < -0.39 is 12.2 Å². The van der Waals surface area contributed by atoms with Crippen LogP contribution in [0.4, 0.5) is 0 Å². The second-order valence-corrected chi connectivity index (χ2v) is 4.76. The van der Waals surface area contributed by atoms with Crippen molar-refractivity contribution in [3.8, 4) is 0 Å². The summed E-state index contributed by atoms with van der Waals surface area (Å²) in [5, 5.41) is 9.67. The number of amides is 1. The van der Waals surface area contributed by atoms with Crippen LogP contribution in [0.25, 0.3) is 0 Å². The normalized spacial score (nSPS) is 26.6. The highest BCUT2D eigenvalue weighted by Crippen LogP contribution is 2.19. The van der Waals surface area contributed by atoms with Crippen LogP contribution in [0, 0.1) is 0 Å². The maximum absolute atomic E-state index is 12.1. The van der Waals surface area contributed by atoms with Gasteiger partial charge in [-0.25, -0.2) is 0 Å². The van der Waals surface area contributed by atoms with E-state index in [0.29, 0.717) is 13.0 Å². The summed E-state index contributed by atoms with van der Waals surface area (Å²) >= 11 is 0. The molecule has 1 aliphatic rings. The van der Waals surface area contributed by atoms with Gasteiger partial charge in [0.25, 0.3) is 5.91 Å². The Balaban J connectivity index is 2.69. The van der Waals surface area contributed by atoms with Gasteiger partial charge in [-0.3, -0.25) is 4.79 Å². The van der Waals surface area contributed by atoms with E-state index in [9.17, 15) is 9.90 Å². The van der Waals surface area contributed by atoms with E-state index in [1.807, 2.05) is 19.0 Å². The lowest BCUT2D eigenvalue weighted by Gasteiger charge is -2.29. The smallest absolute Gasteiger partial charge is 0.253 e. The second kappa shape index (κ2) is 6.30. The van der Waals surface area contributed by atoms with Crippen LogP contribution in [0.15, 0.2) is 0 Å². The van der Waals surface area contributed by atoms with Gasteiger partial charge in [0.1, 0.15) is 6.10 Å². The summed E-state index contributed by atoms with van der Waals surface area (Å²) in [5.74, 6) is -0.126. The quantitative estimate of drug-likeness (QED) is 0.615. The first-order chi connectivity index (χ1) is 7.99. The van der Waals surface area contributed by atoms with Crippen molar-refractivity contribution in [2.75, 3.05) is 40.8 Å². The van der Waals surface area contributed by atoms with Gasteiger partial charge < -0.3 is 25.4 Å². The molecule has 6 heteroatoms. The van der Waals surface area contributed by atoms with Crippen molar-refractivity contribution >= 4 is 5.91 Å². The van der Waals surface area contributed by atoms with Crippen LogP contribution in [0.5, 0.6) is 0 Å². The molecule has 1 aliphatic heterocycles. The third kappa shape index (κ3) is 3.64. The predicted molar refractivity (Wildman–Crippen MR) is 64.5 cm³/mol. The molecule has 3 unspecified atom stereocenters. The van der Waals surface area contributed by atoms with Gasteiger partial charge in [-0.05, 0) is 20.5 Å². The van der Waals surface area contributed by atoms with Crippen LogP contribution in [-0.2, 0) is 9.53 Å². The highest BCUT2D eigenvalue weighted by atomic mass is 16.5. The van der Waals surface area contributed by atoms with Crippen LogP contribution in [0.3, 0.4) is 0 Å². The molecule has 0 spiro atoms. The molecule has 3 atom stereocenters. The fraction of sp³-hybridized carbons (Fsp3) is 0.909. The van der Waals surface area contributed by atoms with Crippen molar-refractivity contribution in [3.63, 3.8) is 0 Å². The summed E-state index contributed by atoms with van der Waals surface area (Å²) in [6.45, 7) is 1.28. The van der Waals surface area contributed by atoms with E-state index in [-0.39, 0.29) is 18.5 Å². The number of methoxy groups -OCH3 is 1. The monoisotopic (exact) mass is 245 g/mol. The molecule has 3 N–H and O–H groups in total. The fourth-order valence-corrected chi connectivity index (χ4v) is 2.24. The molecule has 0 saturated carbocycles. The summed E-state index contributed by atoms with van der Waals surface area (Å²) < 4.78 is 5.05. The first-order valence-corrected chi connectivity index (χ1v) is 5.85. The predicted octanol–water partition coefficient (Wildman–Crippen LogP) is -1.52. The average Bonchev–Trinajstić information content (AvgIpc) is 2.60. The lowest BCUT2D eigenvalue weighted by molar-refractivity contribution is -0.142. The Labute approximate surface area is 102 Å². The minimum Gasteiger partial charge on any atom is -0.391 e. The Hall–Kier alpha value is -0.690. The molecule has 1 saturated heterocycles. The number of nitrogens with zero attached hydrogens (tertiary/aromatic N) is 2. The first kappa shape index (κ1) is 14.4. The molecule has 0 aromatic rings. The van der Waals surface area contributed by atoms with Gasteiger partial charge in [0.05, 0.1) is 6.10 Å². The molecule has 0 aliphatic carbocycles. The number of aliphatic hydroxyl groups is 1. The number of carbonyl (C=O) groups excluding carboxylic acids is 1. The van der Waals surface area contributed by atoms with Gasteiger partial charge in [-0.1, -0.05) is 0 Å². The Morgan fingerprint density at radius 3 is 2.76 bits per heavy atom. The molecule has 6 nitrogen and oxygen atoms in total. The summed E-state index contributed by atoms with van der Waals surface area (Å²) in [6, 6.07) is 0.0386. The van der Waals surface area contributed by atoms with Gasteiger partial charge >= 0.3 is 0 Å². The average molecular weight is 245 g/mol. The number of nitrogens with two attached hydrogens (primary N) is 1. The molecular weight excluding hydrogens is 222 g/mol.